The summed E-state index contributed by atoms with van der Waals surface area (Å²) in [4.78, 5) is 15.7. The fourth-order valence-corrected chi connectivity index (χ4v) is 2.46. The Kier molecular flexibility index (Phi) is 3.94. The van der Waals surface area contributed by atoms with E-state index in [0.717, 1.165) is 11.6 Å². The molecule has 2 heterocycles. The fraction of sp³-hybridized carbons (Fsp3) is 0.188. The van der Waals surface area contributed by atoms with E-state index in [-0.39, 0.29) is 16.8 Å². The molecule has 3 aromatic rings. The third-order valence-corrected chi connectivity index (χ3v) is 3.59. The number of benzene rings is 1. The lowest BCUT2D eigenvalue weighted by Crippen LogP contribution is -2.09. The van der Waals surface area contributed by atoms with Gasteiger partial charge >= 0.3 is 12.1 Å². The molecule has 0 fully saturated rings. The normalized spacial score (nSPS) is 11.8. The van der Waals surface area contributed by atoms with E-state index < -0.39 is 23.8 Å². The largest absolute Gasteiger partial charge is 0.465 e. The number of halogens is 4. The summed E-state index contributed by atoms with van der Waals surface area (Å²) in [5.74, 6) is -2.72. The predicted octanol–water partition coefficient (Wildman–Crippen LogP) is 3.65. The van der Waals surface area contributed by atoms with E-state index in [2.05, 4.69) is 14.8 Å². The van der Waals surface area contributed by atoms with Gasteiger partial charge in [-0.25, -0.2) is 18.7 Å². The molecule has 0 N–H and O–H groups in total. The number of fused-ring (bicyclic) bond motifs is 1. The van der Waals surface area contributed by atoms with Gasteiger partial charge in [-0.2, -0.15) is 13.2 Å². The lowest BCUT2D eigenvalue weighted by Gasteiger charge is -2.11. The zero-order valence-corrected chi connectivity index (χ0v) is 13.1. The molecule has 2 aromatic heterocycles. The Morgan fingerprint density at radius 2 is 1.84 bits per heavy atom. The summed E-state index contributed by atoms with van der Waals surface area (Å²) < 4.78 is 57.6. The quantitative estimate of drug-likeness (QED) is 0.521. The predicted molar refractivity (Wildman–Crippen MR) is 79.5 cm³/mol. The molecule has 9 heteroatoms. The number of carbonyl (C=O) groups is 1. The van der Waals surface area contributed by atoms with E-state index in [1.165, 1.54) is 37.3 Å². The number of pyridine rings is 1. The SMILES string of the molecule is COC(=O)c1c(-c2ccc(F)cc2)cc(C)n2nc(C(F)(F)F)nc12. The minimum absolute atomic E-state index is 0.178. The molecule has 5 nitrogen and oxygen atoms in total. The minimum Gasteiger partial charge on any atom is -0.465 e. The molecule has 0 bridgehead atoms. The van der Waals surface area contributed by atoms with Gasteiger partial charge < -0.3 is 4.74 Å². The van der Waals surface area contributed by atoms with Crippen molar-refractivity contribution >= 4 is 11.6 Å². The number of esters is 1. The van der Waals surface area contributed by atoms with Gasteiger partial charge in [-0.15, -0.1) is 5.10 Å². The second-order valence-corrected chi connectivity index (χ2v) is 5.24. The summed E-state index contributed by atoms with van der Waals surface area (Å²) in [5.41, 5.74) is 0.577. The smallest absolute Gasteiger partial charge is 0.453 e. The molecule has 3 rings (SSSR count). The highest BCUT2D eigenvalue weighted by Crippen LogP contribution is 2.32. The number of nitrogens with zero attached hydrogens (tertiary/aromatic N) is 3. The number of alkyl halides is 3. The summed E-state index contributed by atoms with van der Waals surface area (Å²) in [5, 5.41) is 3.42. The number of carbonyl (C=O) groups excluding carboxylic acids is 1. The van der Waals surface area contributed by atoms with E-state index >= 15 is 0 Å². The van der Waals surface area contributed by atoms with Crippen molar-refractivity contribution in [2.45, 2.75) is 13.1 Å². The first-order valence-corrected chi connectivity index (χ1v) is 7.04. The molecule has 0 radical (unpaired) electrons. The Labute approximate surface area is 138 Å². The van der Waals surface area contributed by atoms with Crippen LogP contribution in [0.25, 0.3) is 16.8 Å². The summed E-state index contributed by atoms with van der Waals surface area (Å²) in [6.45, 7) is 1.52. The van der Waals surface area contributed by atoms with E-state index in [1.54, 1.807) is 0 Å². The van der Waals surface area contributed by atoms with Crippen LogP contribution in [0.2, 0.25) is 0 Å². The van der Waals surface area contributed by atoms with Crippen molar-refractivity contribution in [1.29, 1.82) is 0 Å². The standard InChI is InChI=1S/C16H11F4N3O2/c1-8-7-11(9-3-5-10(17)6-4-9)12(14(24)25-2)13-21-15(16(18,19)20)22-23(8)13/h3-7H,1-2H3. The van der Waals surface area contributed by atoms with Crippen LogP contribution in [0.3, 0.4) is 0 Å². The van der Waals surface area contributed by atoms with Crippen LogP contribution in [0.1, 0.15) is 21.9 Å². The third kappa shape index (κ3) is 2.92. The first kappa shape index (κ1) is 16.9. The molecule has 130 valence electrons. The van der Waals surface area contributed by atoms with Gasteiger partial charge in [0.1, 0.15) is 11.4 Å². The first-order chi connectivity index (χ1) is 11.7. The van der Waals surface area contributed by atoms with Crippen molar-refractivity contribution in [2.24, 2.45) is 0 Å². The third-order valence-electron chi connectivity index (χ3n) is 3.59. The zero-order valence-electron chi connectivity index (χ0n) is 13.1. The Morgan fingerprint density at radius 1 is 1.20 bits per heavy atom. The van der Waals surface area contributed by atoms with Crippen molar-refractivity contribution in [3.05, 3.63) is 53.2 Å². The van der Waals surface area contributed by atoms with Crippen LogP contribution in [0.4, 0.5) is 17.6 Å². The molecule has 0 unspecified atom stereocenters. The Morgan fingerprint density at radius 3 is 2.40 bits per heavy atom. The maximum absolute atomic E-state index is 13.2. The maximum Gasteiger partial charge on any atom is 0.453 e. The highest BCUT2D eigenvalue weighted by Gasteiger charge is 2.37. The number of aromatic nitrogens is 3. The van der Waals surface area contributed by atoms with Crippen molar-refractivity contribution in [2.75, 3.05) is 7.11 Å². The van der Waals surface area contributed by atoms with E-state index in [0.29, 0.717) is 11.3 Å². The molecule has 0 amide bonds. The van der Waals surface area contributed by atoms with Gasteiger partial charge in [0, 0.05) is 11.3 Å². The van der Waals surface area contributed by atoms with E-state index in [1.807, 2.05) is 0 Å². The van der Waals surface area contributed by atoms with Crippen molar-refractivity contribution in [3.63, 3.8) is 0 Å². The van der Waals surface area contributed by atoms with Crippen molar-refractivity contribution < 1.29 is 27.1 Å². The van der Waals surface area contributed by atoms with Gasteiger partial charge in [0.2, 0.25) is 0 Å². The lowest BCUT2D eigenvalue weighted by molar-refractivity contribution is -0.144. The van der Waals surface area contributed by atoms with E-state index in [9.17, 15) is 22.4 Å². The topological polar surface area (TPSA) is 56.5 Å². The Hall–Kier alpha value is -2.97. The molecule has 0 aliphatic carbocycles. The molecule has 0 aliphatic rings. The van der Waals surface area contributed by atoms with Crippen molar-refractivity contribution in [3.8, 4) is 11.1 Å². The number of rotatable bonds is 2. The van der Waals surface area contributed by atoms with Gasteiger partial charge in [0.05, 0.1) is 7.11 Å². The number of hydrogen-bond acceptors (Lipinski definition) is 4. The average Bonchev–Trinajstić information content (AvgIpc) is 3.01. The average molecular weight is 353 g/mol. The van der Waals surface area contributed by atoms with Crippen LogP contribution < -0.4 is 0 Å². The first-order valence-electron chi connectivity index (χ1n) is 7.04. The zero-order chi connectivity index (χ0) is 18.4. The van der Waals surface area contributed by atoms with Crippen LogP contribution in [-0.4, -0.2) is 27.7 Å². The molecule has 1 aromatic carbocycles. The minimum atomic E-state index is -4.76. The van der Waals surface area contributed by atoms with Gasteiger partial charge in [-0.05, 0) is 30.7 Å². The Bertz CT molecular complexity index is 962. The van der Waals surface area contributed by atoms with Gasteiger partial charge in [-0.3, -0.25) is 0 Å². The summed E-state index contributed by atoms with van der Waals surface area (Å²) in [6.07, 6.45) is -4.76. The Balaban J connectivity index is 2.37. The monoisotopic (exact) mass is 353 g/mol. The second-order valence-electron chi connectivity index (χ2n) is 5.24. The summed E-state index contributed by atoms with van der Waals surface area (Å²) in [7, 11) is 1.11. The van der Waals surface area contributed by atoms with Gasteiger partial charge in [0.15, 0.2) is 5.65 Å². The number of hydrogen-bond donors (Lipinski definition) is 0. The molecular weight excluding hydrogens is 342 g/mol. The summed E-state index contributed by atoms with van der Waals surface area (Å²) in [6, 6.07) is 6.66. The van der Waals surface area contributed by atoms with E-state index in [4.69, 9.17) is 0 Å². The highest BCUT2D eigenvalue weighted by atomic mass is 19.4. The maximum atomic E-state index is 13.2. The molecule has 0 aliphatic heterocycles. The number of aryl methyl sites for hydroxylation is 1. The van der Waals surface area contributed by atoms with Crippen LogP contribution in [0.15, 0.2) is 30.3 Å². The van der Waals surface area contributed by atoms with Crippen LogP contribution in [0.5, 0.6) is 0 Å². The second kappa shape index (κ2) is 5.83. The summed E-state index contributed by atoms with van der Waals surface area (Å²) >= 11 is 0. The highest BCUT2D eigenvalue weighted by molar-refractivity contribution is 6.03. The van der Waals surface area contributed by atoms with Gasteiger partial charge in [0.25, 0.3) is 5.82 Å². The lowest BCUT2D eigenvalue weighted by atomic mass is 10.00. The van der Waals surface area contributed by atoms with Crippen LogP contribution in [0, 0.1) is 12.7 Å². The molecule has 0 saturated heterocycles. The number of ether oxygens (including phenoxy) is 1. The molecular formula is C16H11F4N3O2. The number of methoxy groups -OCH3 is 1. The molecule has 25 heavy (non-hydrogen) atoms. The van der Waals surface area contributed by atoms with Crippen LogP contribution >= 0.6 is 0 Å². The molecule has 0 atom stereocenters. The van der Waals surface area contributed by atoms with Gasteiger partial charge in [-0.1, -0.05) is 12.1 Å². The van der Waals surface area contributed by atoms with Crippen molar-refractivity contribution in [1.82, 2.24) is 14.6 Å². The molecule has 0 saturated carbocycles. The van der Waals surface area contributed by atoms with Crippen LogP contribution in [-0.2, 0) is 10.9 Å². The molecule has 0 spiro atoms. The fourth-order valence-electron chi connectivity index (χ4n) is 2.46.